The number of hydrogen-bond acceptors (Lipinski definition) is 6. The molecule has 29 heavy (non-hydrogen) atoms. The first-order valence-electron chi connectivity index (χ1n) is 10.1. The van der Waals surface area contributed by atoms with E-state index in [1.165, 1.54) is 0 Å². The lowest BCUT2D eigenvalue weighted by molar-refractivity contribution is 0.0362. The van der Waals surface area contributed by atoms with Gasteiger partial charge in [-0.05, 0) is 18.6 Å². The monoisotopic (exact) mass is 418 g/mol. The van der Waals surface area contributed by atoms with E-state index in [-0.39, 0.29) is 17.0 Å². The van der Waals surface area contributed by atoms with Crippen LogP contribution in [0.3, 0.4) is 0 Å². The fourth-order valence-corrected chi connectivity index (χ4v) is 4.17. The summed E-state index contributed by atoms with van der Waals surface area (Å²) >= 11 is 1.61. The molecular weight excluding hydrogens is 388 g/mol. The molecule has 0 radical (unpaired) electrons. The topological polar surface area (TPSA) is 67.7 Å². The van der Waals surface area contributed by atoms with Crippen molar-refractivity contribution in [3.8, 4) is 0 Å². The maximum absolute atomic E-state index is 13.1. The van der Waals surface area contributed by atoms with Gasteiger partial charge in [0.15, 0.2) is 0 Å². The van der Waals surface area contributed by atoms with Gasteiger partial charge in [-0.1, -0.05) is 13.8 Å². The zero-order valence-corrected chi connectivity index (χ0v) is 18.5. The summed E-state index contributed by atoms with van der Waals surface area (Å²) in [4.78, 5) is 34.5. The molecule has 158 valence electrons. The summed E-state index contributed by atoms with van der Waals surface area (Å²) in [6.07, 6.45) is 1.78. The zero-order valence-electron chi connectivity index (χ0n) is 17.7. The molecule has 0 N–H and O–H groups in total. The quantitative estimate of drug-likeness (QED) is 0.690. The number of aryl methyl sites for hydroxylation is 1. The van der Waals surface area contributed by atoms with Crippen LogP contribution in [0.15, 0.2) is 22.4 Å². The molecule has 3 rings (SSSR count). The maximum atomic E-state index is 13.1. The molecule has 0 aliphatic carbocycles. The highest BCUT2D eigenvalue weighted by atomic mass is 32.1. The van der Waals surface area contributed by atoms with Crippen molar-refractivity contribution in [2.24, 2.45) is 0 Å². The van der Waals surface area contributed by atoms with E-state index in [1.54, 1.807) is 34.0 Å². The highest BCUT2D eigenvalue weighted by Gasteiger charge is 2.21. The van der Waals surface area contributed by atoms with E-state index < -0.39 is 0 Å². The standard InChI is InChI=1S/C21H30N4O3S/c1-15(2)19-22-17(14-29-19)13-23(4)20(26)18-16(3)5-6-25(21(18)27)8-7-24-9-11-28-12-10-24/h5-6,14-15H,7-13H2,1-4H3. The van der Waals surface area contributed by atoms with Gasteiger partial charge < -0.3 is 14.2 Å². The highest BCUT2D eigenvalue weighted by molar-refractivity contribution is 7.09. The number of hydrogen-bond donors (Lipinski definition) is 0. The number of aromatic nitrogens is 2. The first kappa shape index (κ1) is 21.7. The number of carbonyl (C=O) groups excluding carboxylic acids is 1. The Morgan fingerprint density at radius 1 is 1.31 bits per heavy atom. The molecule has 7 nitrogen and oxygen atoms in total. The van der Waals surface area contributed by atoms with Crippen molar-refractivity contribution in [1.82, 2.24) is 19.4 Å². The lowest BCUT2D eigenvalue weighted by atomic mass is 10.1. The summed E-state index contributed by atoms with van der Waals surface area (Å²) in [7, 11) is 1.72. The van der Waals surface area contributed by atoms with E-state index in [0.717, 1.165) is 43.5 Å². The summed E-state index contributed by atoms with van der Waals surface area (Å²) in [5, 5.41) is 3.04. The first-order chi connectivity index (χ1) is 13.9. The first-order valence-corrected chi connectivity index (χ1v) is 10.9. The fourth-order valence-electron chi connectivity index (χ4n) is 3.34. The second-order valence-corrected chi connectivity index (χ2v) is 8.71. The average molecular weight is 419 g/mol. The molecule has 0 atom stereocenters. The molecule has 0 saturated carbocycles. The maximum Gasteiger partial charge on any atom is 0.263 e. The minimum absolute atomic E-state index is 0.226. The van der Waals surface area contributed by atoms with Gasteiger partial charge in [-0.25, -0.2) is 4.98 Å². The van der Waals surface area contributed by atoms with Crippen LogP contribution in [0.2, 0.25) is 0 Å². The molecule has 2 aromatic heterocycles. The van der Waals surface area contributed by atoms with Crippen molar-refractivity contribution in [3.63, 3.8) is 0 Å². The van der Waals surface area contributed by atoms with E-state index in [1.807, 2.05) is 18.4 Å². The molecular formula is C21H30N4O3S. The molecule has 1 saturated heterocycles. The number of rotatable bonds is 7. The summed E-state index contributed by atoms with van der Waals surface area (Å²) in [5.41, 5.74) is 1.58. The average Bonchev–Trinajstić information content (AvgIpc) is 3.17. The summed E-state index contributed by atoms with van der Waals surface area (Å²) in [5.74, 6) is 0.108. The third kappa shape index (κ3) is 5.32. The number of nitrogens with zero attached hydrogens (tertiary/aromatic N) is 4. The Kier molecular flexibility index (Phi) is 7.21. The Labute approximate surface area is 175 Å². The van der Waals surface area contributed by atoms with Crippen LogP contribution < -0.4 is 5.56 Å². The van der Waals surface area contributed by atoms with Gasteiger partial charge in [0, 0.05) is 50.7 Å². The van der Waals surface area contributed by atoms with Gasteiger partial charge in [0.1, 0.15) is 5.56 Å². The van der Waals surface area contributed by atoms with Gasteiger partial charge >= 0.3 is 0 Å². The van der Waals surface area contributed by atoms with Crippen molar-refractivity contribution in [2.75, 3.05) is 39.9 Å². The van der Waals surface area contributed by atoms with Crippen LogP contribution in [-0.4, -0.2) is 65.2 Å². The van der Waals surface area contributed by atoms with Gasteiger partial charge in [-0.3, -0.25) is 14.5 Å². The second kappa shape index (κ2) is 9.65. The SMILES string of the molecule is Cc1ccn(CCN2CCOCC2)c(=O)c1C(=O)N(C)Cc1csc(C(C)C)n1. The number of pyridine rings is 1. The summed E-state index contributed by atoms with van der Waals surface area (Å²) in [6.45, 7) is 11.0. The number of carbonyl (C=O) groups is 1. The van der Waals surface area contributed by atoms with Gasteiger partial charge in [0.25, 0.3) is 11.5 Å². The second-order valence-electron chi connectivity index (χ2n) is 7.82. The van der Waals surface area contributed by atoms with E-state index >= 15 is 0 Å². The number of thiazole rings is 1. The fraction of sp³-hybridized carbons (Fsp3) is 0.571. The zero-order chi connectivity index (χ0) is 21.0. The normalized spacial score (nSPS) is 15.1. The van der Waals surface area contributed by atoms with Crippen LogP contribution >= 0.6 is 11.3 Å². The molecule has 1 aliphatic rings. The van der Waals surface area contributed by atoms with Crippen LogP contribution in [0, 0.1) is 6.92 Å². The van der Waals surface area contributed by atoms with Crippen LogP contribution in [0.1, 0.15) is 46.4 Å². The van der Waals surface area contributed by atoms with Crippen LogP contribution in [0.25, 0.3) is 0 Å². The lowest BCUT2D eigenvalue weighted by Crippen LogP contribution is -2.40. The van der Waals surface area contributed by atoms with Gasteiger partial charge in [-0.15, -0.1) is 11.3 Å². The Morgan fingerprint density at radius 2 is 2.03 bits per heavy atom. The van der Waals surface area contributed by atoms with Crippen LogP contribution in [-0.2, 0) is 17.8 Å². The molecule has 1 aliphatic heterocycles. The Hall–Kier alpha value is -2.03. The minimum atomic E-state index is -0.257. The number of ether oxygens (including phenoxy) is 1. The van der Waals surface area contributed by atoms with Crippen molar-refractivity contribution in [2.45, 2.75) is 39.8 Å². The highest BCUT2D eigenvalue weighted by Crippen LogP contribution is 2.20. The van der Waals surface area contributed by atoms with Gasteiger partial charge in [-0.2, -0.15) is 0 Å². The molecule has 0 bridgehead atoms. The van der Waals surface area contributed by atoms with E-state index in [0.29, 0.717) is 24.6 Å². The Morgan fingerprint density at radius 3 is 2.69 bits per heavy atom. The van der Waals surface area contributed by atoms with E-state index in [9.17, 15) is 9.59 Å². The predicted octanol–water partition coefficient (Wildman–Crippen LogP) is 2.34. The lowest BCUT2D eigenvalue weighted by Gasteiger charge is -2.26. The molecule has 2 aromatic rings. The van der Waals surface area contributed by atoms with Crippen LogP contribution in [0.5, 0.6) is 0 Å². The number of amides is 1. The third-order valence-corrected chi connectivity index (χ3v) is 6.35. The molecule has 8 heteroatoms. The van der Waals surface area contributed by atoms with Crippen LogP contribution in [0.4, 0.5) is 0 Å². The molecule has 0 unspecified atom stereocenters. The minimum Gasteiger partial charge on any atom is -0.379 e. The molecule has 0 spiro atoms. The largest absolute Gasteiger partial charge is 0.379 e. The van der Waals surface area contributed by atoms with Gasteiger partial charge in [0.05, 0.1) is 30.5 Å². The van der Waals surface area contributed by atoms with Crippen molar-refractivity contribution in [3.05, 3.63) is 49.8 Å². The smallest absolute Gasteiger partial charge is 0.263 e. The van der Waals surface area contributed by atoms with Gasteiger partial charge in [0.2, 0.25) is 0 Å². The Balaban J connectivity index is 1.72. The molecule has 3 heterocycles. The summed E-state index contributed by atoms with van der Waals surface area (Å²) in [6, 6.07) is 1.85. The third-order valence-electron chi connectivity index (χ3n) is 5.16. The molecule has 1 amide bonds. The van der Waals surface area contributed by atoms with Crippen molar-refractivity contribution in [1.29, 1.82) is 0 Å². The van der Waals surface area contributed by atoms with Crippen molar-refractivity contribution >= 4 is 17.2 Å². The van der Waals surface area contributed by atoms with Crippen molar-refractivity contribution < 1.29 is 9.53 Å². The Bertz CT molecular complexity index is 900. The number of morpholine rings is 1. The molecule has 1 fully saturated rings. The van der Waals surface area contributed by atoms with E-state index in [4.69, 9.17) is 4.74 Å². The summed E-state index contributed by atoms with van der Waals surface area (Å²) < 4.78 is 7.01. The van der Waals surface area contributed by atoms with E-state index in [2.05, 4.69) is 23.7 Å². The predicted molar refractivity (Wildman–Crippen MR) is 115 cm³/mol. The molecule has 0 aromatic carbocycles.